The fraction of sp³-hybridized carbons (Fsp3) is 0.630. The van der Waals surface area contributed by atoms with Crippen molar-refractivity contribution in [2.45, 2.75) is 103 Å². The van der Waals surface area contributed by atoms with Gasteiger partial charge in [0.15, 0.2) is 0 Å². The molecule has 1 rings (SSSR count). The van der Waals surface area contributed by atoms with Gasteiger partial charge >= 0.3 is 5.97 Å². The van der Waals surface area contributed by atoms with Crippen LogP contribution >= 0.6 is 0 Å². The zero-order valence-corrected chi connectivity index (χ0v) is 20.1. The van der Waals surface area contributed by atoms with Gasteiger partial charge in [0.1, 0.15) is 6.10 Å². The minimum atomic E-state index is -0.718. The molecule has 1 amide bonds. The molecule has 1 aromatic carbocycles. The molecule has 0 aliphatic carbocycles. The number of rotatable bonds is 18. The van der Waals surface area contributed by atoms with Crippen LogP contribution in [-0.4, -0.2) is 35.7 Å². The number of carbonyl (C=O) groups is 2. The van der Waals surface area contributed by atoms with Gasteiger partial charge in [0.25, 0.3) is 0 Å². The Bertz CT molecular complexity index is 644. The zero-order valence-electron chi connectivity index (χ0n) is 20.1. The van der Waals surface area contributed by atoms with Crippen LogP contribution in [0.2, 0.25) is 0 Å². The van der Waals surface area contributed by atoms with Crippen LogP contribution in [0.15, 0.2) is 42.5 Å². The molecule has 0 aliphatic rings. The highest BCUT2D eigenvalue weighted by molar-refractivity contribution is 5.89. The molecule has 1 aromatic rings. The molecule has 2 atom stereocenters. The highest BCUT2D eigenvalue weighted by atomic mass is 16.5. The number of carbonyl (C=O) groups excluding carboxylic acids is 2. The Labute approximate surface area is 194 Å². The second-order valence-corrected chi connectivity index (χ2v) is 8.48. The Morgan fingerprint density at radius 3 is 2.03 bits per heavy atom. The summed E-state index contributed by atoms with van der Waals surface area (Å²) in [6.07, 6.45) is 18.2. The Morgan fingerprint density at radius 2 is 1.50 bits per heavy atom. The number of allylic oxidation sites excluding steroid dienone is 1. The summed E-state index contributed by atoms with van der Waals surface area (Å²) in [6.45, 7) is 3.32. The third kappa shape index (κ3) is 13.3. The minimum Gasteiger partial charge on any atom is -0.452 e. The number of hydrogen-bond acceptors (Lipinski definition) is 4. The van der Waals surface area contributed by atoms with Crippen molar-refractivity contribution < 1.29 is 19.4 Å². The summed E-state index contributed by atoms with van der Waals surface area (Å²) in [5.74, 6) is -0.748. The van der Waals surface area contributed by atoms with Crippen LogP contribution < -0.4 is 5.32 Å². The van der Waals surface area contributed by atoms with Crippen LogP contribution in [0.4, 0.5) is 0 Å². The van der Waals surface area contributed by atoms with E-state index in [4.69, 9.17) is 4.74 Å². The van der Waals surface area contributed by atoms with E-state index in [-0.39, 0.29) is 12.5 Å². The van der Waals surface area contributed by atoms with Crippen molar-refractivity contribution in [2.24, 2.45) is 0 Å². The van der Waals surface area contributed by atoms with Crippen molar-refractivity contribution in [3.05, 3.63) is 48.0 Å². The van der Waals surface area contributed by atoms with Crippen LogP contribution in [0, 0.1) is 0 Å². The van der Waals surface area contributed by atoms with E-state index >= 15 is 0 Å². The van der Waals surface area contributed by atoms with Crippen molar-refractivity contribution in [1.82, 2.24) is 5.32 Å². The molecule has 5 nitrogen and oxygen atoms in total. The number of aliphatic hydroxyl groups excluding tert-OH is 1. The summed E-state index contributed by atoms with van der Waals surface area (Å²) in [4.78, 5) is 23.9. The zero-order chi connectivity index (χ0) is 23.4. The smallest absolute Gasteiger partial charge is 0.338 e. The van der Waals surface area contributed by atoms with E-state index in [9.17, 15) is 14.7 Å². The molecule has 0 aromatic heterocycles. The third-order valence-electron chi connectivity index (χ3n) is 5.53. The maximum Gasteiger partial charge on any atom is 0.338 e. The number of esters is 1. The van der Waals surface area contributed by atoms with E-state index < -0.39 is 18.1 Å². The van der Waals surface area contributed by atoms with Crippen LogP contribution in [0.1, 0.15) is 101 Å². The van der Waals surface area contributed by atoms with Crippen molar-refractivity contribution in [3.8, 4) is 0 Å². The summed E-state index contributed by atoms with van der Waals surface area (Å²) in [7, 11) is 0. The lowest BCUT2D eigenvalue weighted by Crippen LogP contribution is -2.46. The highest BCUT2D eigenvalue weighted by Crippen LogP contribution is 2.13. The molecule has 2 N–H and O–H groups in total. The molecule has 0 saturated heterocycles. The Balaban J connectivity index is 2.37. The molecule has 0 fully saturated rings. The molecule has 0 radical (unpaired) electrons. The van der Waals surface area contributed by atoms with Gasteiger partial charge in [-0.15, -0.1) is 0 Å². The fourth-order valence-electron chi connectivity index (χ4n) is 3.67. The van der Waals surface area contributed by atoms with Gasteiger partial charge in [-0.2, -0.15) is 0 Å². The molecule has 0 saturated carbocycles. The van der Waals surface area contributed by atoms with E-state index in [2.05, 4.69) is 12.2 Å². The van der Waals surface area contributed by atoms with Gasteiger partial charge in [0.2, 0.25) is 5.91 Å². The van der Waals surface area contributed by atoms with Crippen molar-refractivity contribution in [2.75, 3.05) is 6.61 Å². The van der Waals surface area contributed by atoms with Crippen LogP contribution in [0.3, 0.4) is 0 Å². The Morgan fingerprint density at radius 1 is 0.938 bits per heavy atom. The topological polar surface area (TPSA) is 75.6 Å². The average molecular weight is 446 g/mol. The number of hydrogen-bond donors (Lipinski definition) is 2. The standard InChI is InChI=1S/C27H43NO4/c1-3-4-5-6-7-8-9-10-11-12-13-14-18-21-26(25(22-29)28-23(2)30)32-27(31)24-19-16-15-17-20-24/h15-21,25-26,29H,3-14,22H2,1-2H3,(H,28,30)/b21-18+/t25-,26?/m0/s1. The largest absolute Gasteiger partial charge is 0.452 e. The van der Waals surface area contributed by atoms with Gasteiger partial charge in [-0.1, -0.05) is 95.4 Å². The van der Waals surface area contributed by atoms with E-state index in [1.165, 1.54) is 71.1 Å². The molecule has 1 unspecified atom stereocenters. The van der Waals surface area contributed by atoms with Crippen LogP contribution in [0.5, 0.6) is 0 Å². The lowest BCUT2D eigenvalue weighted by atomic mass is 10.0. The average Bonchev–Trinajstić information content (AvgIpc) is 2.80. The maximum atomic E-state index is 12.4. The molecular formula is C27H43NO4. The van der Waals surface area contributed by atoms with Gasteiger partial charge in [0, 0.05) is 6.92 Å². The van der Waals surface area contributed by atoms with Gasteiger partial charge < -0.3 is 15.2 Å². The molecule has 0 spiro atoms. The van der Waals surface area contributed by atoms with E-state index in [0.717, 1.165) is 12.8 Å². The number of aliphatic hydroxyl groups is 1. The van der Waals surface area contributed by atoms with Gasteiger partial charge in [-0.25, -0.2) is 4.79 Å². The molecule has 0 bridgehead atoms. The third-order valence-corrected chi connectivity index (χ3v) is 5.53. The molecule has 0 heterocycles. The van der Waals surface area contributed by atoms with E-state index in [1.807, 2.05) is 12.1 Å². The first-order chi connectivity index (χ1) is 15.6. The van der Waals surface area contributed by atoms with Crippen molar-refractivity contribution in [1.29, 1.82) is 0 Å². The van der Waals surface area contributed by atoms with Gasteiger partial charge in [-0.3, -0.25) is 4.79 Å². The maximum absolute atomic E-state index is 12.4. The number of amides is 1. The molecular weight excluding hydrogens is 402 g/mol. The molecule has 32 heavy (non-hydrogen) atoms. The first-order valence-electron chi connectivity index (χ1n) is 12.4. The Hall–Kier alpha value is -2.14. The number of ether oxygens (including phenoxy) is 1. The second-order valence-electron chi connectivity index (χ2n) is 8.48. The number of unbranched alkanes of at least 4 members (excludes halogenated alkanes) is 11. The highest BCUT2D eigenvalue weighted by Gasteiger charge is 2.23. The van der Waals surface area contributed by atoms with Gasteiger partial charge in [0.05, 0.1) is 18.2 Å². The number of nitrogens with one attached hydrogen (secondary N) is 1. The monoisotopic (exact) mass is 445 g/mol. The Kier molecular flexibility index (Phi) is 16.1. The molecule has 180 valence electrons. The SMILES string of the molecule is CCCCCCCCCCCCC/C=C/C(OC(=O)c1ccccc1)[C@H](CO)NC(C)=O. The predicted octanol–water partition coefficient (Wildman–Crippen LogP) is 5.97. The van der Waals surface area contributed by atoms with Gasteiger partial charge in [-0.05, 0) is 31.1 Å². The second kappa shape index (κ2) is 18.4. The minimum absolute atomic E-state index is 0.274. The quantitative estimate of drug-likeness (QED) is 0.166. The first-order valence-corrected chi connectivity index (χ1v) is 12.4. The van der Waals surface area contributed by atoms with Crippen molar-refractivity contribution >= 4 is 11.9 Å². The lowest BCUT2D eigenvalue weighted by Gasteiger charge is -2.23. The normalized spacial score (nSPS) is 13.1. The molecule has 5 heteroatoms. The van der Waals surface area contributed by atoms with E-state index in [1.54, 1.807) is 30.3 Å². The summed E-state index contributed by atoms with van der Waals surface area (Å²) < 4.78 is 5.60. The number of benzene rings is 1. The summed E-state index contributed by atoms with van der Waals surface area (Å²) in [5.41, 5.74) is 0.441. The summed E-state index contributed by atoms with van der Waals surface area (Å²) in [5, 5.41) is 12.4. The summed E-state index contributed by atoms with van der Waals surface area (Å²) in [6, 6.07) is 8.06. The lowest BCUT2D eigenvalue weighted by molar-refractivity contribution is -0.120. The fourth-order valence-corrected chi connectivity index (χ4v) is 3.67. The van der Waals surface area contributed by atoms with Crippen molar-refractivity contribution in [3.63, 3.8) is 0 Å². The summed E-state index contributed by atoms with van der Waals surface area (Å²) >= 11 is 0. The van der Waals surface area contributed by atoms with Crippen LogP contribution in [-0.2, 0) is 9.53 Å². The van der Waals surface area contributed by atoms with Crippen LogP contribution in [0.25, 0.3) is 0 Å². The predicted molar refractivity (Wildman–Crippen MR) is 131 cm³/mol. The molecule has 0 aliphatic heterocycles. The first kappa shape index (κ1) is 27.9. The van der Waals surface area contributed by atoms with E-state index in [0.29, 0.717) is 5.56 Å².